The van der Waals surface area contributed by atoms with E-state index in [0.717, 1.165) is 23.5 Å². The standard InChI is InChI=1S/C18H16N2O4S/c21-17-15-5-1-2-6-16(15)18(22)19(17)11-3-4-12-25-14-9-7-13(8-10-14)20(23)24/h1-2,5-10H,3-4,11-12H2. The van der Waals surface area contributed by atoms with Crippen LogP contribution in [0.3, 0.4) is 0 Å². The minimum absolute atomic E-state index is 0.0787. The number of amides is 2. The third-order valence-corrected chi connectivity index (χ3v) is 5.07. The number of non-ortho nitro benzene ring substituents is 1. The molecule has 25 heavy (non-hydrogen) atoms. The summed E-state index contributed by atoms with van der Waals surface area (Å²) < 4.78 is 0. The lowest BCUT2D eigenvalue weighted by molar-refractivity contribution is -0.384. The minimum Gasteiger partial charge on any atom is -0.274 e. The lowest BCUT2D eigenvalue weighted by Gasteiger charge is -2.13. The van der Waals surface area contributed by atoms with Gasteiger partial charge in [-0.2, -0.15) is 0 Å². The van der Waals surface area contributed by atoms with E-state index in [1.165, 1.54) is 17.0 Å². The Morgan fingerprint density at radius 3 is 2.08 bits per heavy atom. The molecule has 1 heterocycles. The first-order valence-corrected chi connectivity index (χ1v) is 8.89. The highest BCUT2D eigenvalue weighted by Gasteiger charge is 2.34. The number of nitro benzene ring substituents is 1. The maximum Gasteiger partial charge on any atom is 0.269 e. The Morgan fingerprint density at radius 2 is 1.52 bits per heavy atom. The fraction of sp³-hybridized carbons (Fsp3) is 0.222. The smallest absolute Gasteiger partial charge is 0.269 e. The summed E-state index contributed by atoms with van der Waals surface area (Å²) in [6.45, 7) is 0.410. The first kappa shape index (κ1) is 17.2. The van der Waals surface area contributed by atoms with Gasteiger partial charge in [0.1, 0.15) is 0 Å². The van der Waals surface area contributed by atoms with Crippen LogP contribution >= 0.6 is 11.8 Å². The van der Waals surface area contributed by atoms with Crippen molar-refractivity contribution >= 4 is 29.3 Å². The number of nitro groups is 1. The molecule has 0 N–H and O–H groups in total. The first-order valence-electron chi connectivity index (χ1n) is 7.90. The molecule has 0 atom stereocenters. The molecule has 2 aromatic rings. The van der Waals surface area contributed by atoms with E-state index in [4.69, 9.17) is 0 Å². The van der Waals surface area contributed by atoms with E-state index in [1.807, 2.05) is 0 Å². The highest BCUT2D eigenvalue weighted by Crippen LogP contribution is 2.24. The Hall–Kier alpha value is -2.67. The first-order chi connectivity index (χ1) is 12.1. The van der Waals surface area contributed by atoms with Gasteiger partial charge in [-0.15, -0.1) is 11.8 Å². The molecule has 1 aliphatic heterocycles. The molecular formula is C18H16N2O4S. The number of hydrogen-bond donors (Lipinski definition) is 0. The van der Waals surface area contributed by atoms with Gasteiger partial charge in [0.05, 0.1) is 16.1 Å². The van der Waals surface area contributed by atoms with Gasteiger partial charge < -0.3 is 0 Å². The van der Waals surface area contributed by atoms with Crippen molar-refractivity contribution in [1.82, 2.24) is 4.90 Å². The molecule has 2 aromatic carbocycles. The molecular weight excluding hydrogens is 340 g/mol. The number of carbonyl (C=O) groups excluding carboxylic acids is 2. The molecule has 0 aromatic heterocycles. The predicted molar refractivity (Wildman–Crippen MR) is 94.9 cm³/mol. The Morgan fingerprint density at radius 1 is 0.920 bits per heavy atom. The fourth-order valence-electron chi connectivity index (χ4n) is 2.67. The van der Waals surface area contributed by atoms with Crippen molar-refractivity contribution in [3.8, 4) is 0 Å². The number of rotatable bonds is 7. The minimum atomic E-state index is -0.420. The number of benzene rings is 2. The molecule has 0 saturated carbocycles. The van der Waals surface area contributed by atoms with Crippen LogP contribution < -0.4 is 0 Å². The van der Waals surface area contributed by atoms with Crippen LogP contribution in [0.2, 0.25) is 0 Å². The van der Waals surface area contributed by atoms with Crippen molar-refractivity contribution in [3.05, 3.63) is 69.8 Å². The summed E-state index contributed by atoms with van der Waals surface area (Å²) in [5.74, 6) is 0.383. The Labute approximate surface area is 149 Å². The second kappa shape index (κ2) is 7.48. The molecule has 0 unspecified atom stereocenters. The summed E-state index contributed by atoms with van der Waals surface area (Å²) in [6, 6.07) is 13.3. The number of carbonyl (C=O) groups is 2. The van der Waals surface area contributed by atoms with Gasteiger partial charge in [0.25, 0.3) is 17.5 Å². The molecule has 0 spiro atoms. The Kier molecular flexibility index (Phi) is 5.14. The molecule has 0 fully saturated rings. The number of thioether (sulfide) groups is 1. The average Bonchev–Trinajstić information content (AvgIpc) is 2.87. The van der Waals surface area contributed by atoms with Crippen LogP contribution in [0.25, 0.3) is 0 Å². The summed E-state index contributed by atoms with van der Waals surface area (Å²) in [7, 11) is 0. The van der Waals surface area contributed by atoms with E-state index >= 15 is 0 Å². The molecule has 0 aliphatic carbocycles. The van der Waals surface area contributed by atoms with Crippen LogP contribution in [-0.2, 0) is 0 Å². The van der Waals surface area contributed by atoms with E-state index in [9.17, 15) is 19.7 Å². The van der Waals surface area contributed by atoms with E-state index in [2.05, 4.69) is 0 Å². The van der Waals surface area contributed by atoms with Crippen LogP contribution in [-0.4, -0.2) is 33.9 Å². The molecule has 0 saturated heterocycles. The molecule has 2 amide bonds. The maximum atomic E-state index is 12.2. The van der Waals surface area contributed by atoms with E-state index in [1.54, 1.807) is 48.2 Å². The molecule has 1 aliphatic rings. The van der Waals surface area contributed by atoms with Crippen LogP contribution in [0.5, 0.6) is 0 Å². The number of fused-ring (bicyclic) bond motifs is 1. The van der Waals surface area contributed by atoms with Crippen molar-refractivity contribution in [2.24, 2.45) is 0 Å². The Balaban J connectivity index is 1.44. The van der Waals surface area contributed by atoms with Crippen molar-refractivity contribution in [2.75, 3.05) is 12.3 Å². The van der Waals surface area contributed by atoms with Gasteiger partial charge in [-0.25, -0.2) is 0 Å². The molecule has 6 nitrogen and oxygen atoms in total. The SMILES string of the molecule is O=C1c2ccccc2C(=O)N1CCCCSc1ccc([N+](=O)[O-])cc1. The molecule has 0 radical (unpaired) electrons. The van der Waals surface area contributed by atoms with Gasteiger partial charge in [0.15, 0.2) is 0 Å². The van der Waals surface area contributed by atoms with E-state index in [-0.39, 0.29) is 17.5 Å². The largest absolute Gasteiger partial charge is 0.274 e. The summed E-state index contributed by atoms with van der Waals surface area (Å²) in [6.07, 6.45) is 1.57. The second-order valence-electron chi connectivity index (χ2n) is 5.61. The van der Waals surface area contributed by atoms with E-state index in [0.29, 0.717) is 17.7 Å². The Bertz CT molecular complexity index is 785. The zero-order chi connectivity index (χ0) is 17.8. The zero-order valence-corrected chi connectivity index (χ0v) is 14.2. The number of unbranched alkanes of at least 4 members (excludes halogenated alkanes) is 1. The molecule has 7 heteroatoms. The van der Waals surface area contributed by atoms with Crippen LogP contribution in [0.15, 0.2) is 53.4 Å². The normalized spacial score (nSPS) is 13.2. The van der Waals surface area contributed by atoms with Gasteiger partial charge in [-0.1, -0.05) is 12.1 Å². The third-order valence-electron chi connectivity index (χ3n) is 3.97. The fourth-order valence-corrected chi connectivity index (χ4v) is 3.58. The van der Waals surface area contributed by atoms with Gasteiger partial charge in [-0.05, 0) is 42.9 Å². The van der Waals surface area contributed by atoms with Gasteiger partial charge in [0.2, 0.25) is 0 Å². The van der Waals surface area contributed by atoms with Crippen LogP contribution in [0, 0.1) is 10.1 Å². The number of hydrogen-bond acceptors (Lipinski definition) is 5. The van der Waals surface area contributed by atoms with Crippen LogP contribution in [0.4, 0.5) is 5.69 Å². The topological polar surface area (TPSA) is 80.5 Å². The summed E-state index contributed by atoms with van der Waals surface area (Å²) >= 11 is 1.60. The van der Waals surface area contributed by atoms with Crippen molar-refractivity contribution in [3.63, 3.8) is 0 Å². The van der Waals surface area contributed by atoms with Crippen molar-refractivity contribution < 1.29 is 14.5 Å². The third kappa shape index (κ3) is 3.71. The van der Waals surface area contributed by atoms with E-state index < -0.39 is 4.92 Å². The summed E-state index contributed by atoms with van der Waals surface area (Å²) in [4.78, 5) is 36.9. The summed E-state index contributed by atoms with van der Waals surface area (Å²) in [5, 5.41) is 10.6. The highest BCUT2D eigenvalue weighted by molar-refractivity contribution is 7.99. The lowest BCUT2D eigenvalue weighted by Crippen LogP contribution is -2.30. The van der Waals surface area contributed by atoms with Gasteiger partial charge in [-0.3, -0.25) is 24.6 Å². The summed E-state index contributed by atoms with van der Waals surface area (Å²) in [5.41, 5.74) is 1.04. The van der Waals surface area contributed by atoms with Gasteiger partial charge >= 0.3 is 0 Å². The zero-order valence-electron chi connectivity index (χ0n) is 13.4. The van der Waals surface area contributed by atoms with Crippen LogP contribution in [0.1, 0.15) is 33.6 Å². The second-order valence-corrected chi connectivity index (χ2v) is 6.78. The predicted octanol–water partition coefficient (Wildman–Crippen LogP) is 3.76. The average molecular weight is 356 g/mol. The monoisotopic (exact) mass is 356 g/mol. The quantitative estimate of drug-likeness (QED) is 0.248. The van der Waals surface area contributed by atoms with Crippen molar-refractivity contribution in [2.45, 2.75) is 17.7 Å². The molecule has 128 valence electrons. The molecule has 3 rings (SSSR count). The molecule has 0 bridgehead atoms. The highest BCUT2D eigenvalue weighted by atomic mass is 32.2. The van der Waals surface area contributed by atoms with Crippen molar-refractivity contribution in [1.29, 1.82) is 0 Å². The van der Waals surface area contributed by atoms with Gasteiger partial charge in [0, 0.05) is 23.6 Å². The number of nitrogens with zero attached hydrogens (tertiary/aromatic N) is 2. The maximum absolute atomic E-state index is 12.2. The number of imide groups is 1. The lowest BCUT2D eigenvalue weighted by atomic mass is 10.1.